The largest absolute Gasteiger partial charge is 0.489 e. The van der Waals surface area contributed by atoms with Crippen molar-refractivity contribution in [1.82, 2.24) is 5.32 Å². The highest BCUT2D eigenvalue weighted by molar-refractivity contribution is 5.82. The summed E-state index contributed by atoms with van der Waals surface area (Å²) in [7, 11) is 0. The second-order valence-electron chi connectivity index (χ2n) is 8.36. The molecule has 0 aliphatic heterocycles. The number of benzene rings is 3. The van der Waals surface area contributed by atoms with Crippen molar-refractivity contribution in [2.24, 2.45) is 5.73 Å². The van der Waals surface area contributed by atoms with Gasteiger partial charge in [0.1, 0.15) is 12.4 Å². The minimum Gasteiger partial charge on any atom is -0.489 e. The highest BCUT2D eigenvalue weighted by Gasteiger charge is 2.19. The third-order valence-corrected chi connectivity index (χ3v) is 5.20. The van der Waals surface area contributed by atoms with Crippen molar-refractivity contribution < 1.29 is 14.6 Å². The smallest absolute Gasteiger partial charge is 0.253 e. The maximum Gasteiger partial charge on any atom is 0.253 e. The van der Waals surface area contributed by atoms with Crippen LogP contribution < -0.4 is 15.8 Å². The number of aliphatic hydroxyl groups is 1. The number of hydrogen-bond donors (Lipinski definition) is 3. The van der Waals surface area contributed by atoms with Gasteiger partial charge in [-0.05, 0) is 61.1 Å². The van der Waals surface area contributed by atoms with E-state index >= 15 is 0 Å². The molecule has 0 saturated carbocycles. The molecule has 0 heterocycles. The second kappa shape index (κ2) is 11.5. The fraction of sp³-hybridized carbons (Fsp3) is 0.296. The number of aliphatic hydroxyl groups excluding tert-OH is 1. The third kappa shape index (κ3) is 7.22. The Balaban J connectivity index is 1.48. The number of nitrogens with two attached hydrogens (primary N) is 1. The molecule has 1 amide bonds. The highest BCUT2D eigenvalue weighted by Crippen LogP contribution is 2.19. The fourth-order valence-electron chi connectivity index (χ4n) is 3.55. The average Bonchev–Trinajstić information content (AvgIpc) is 2.79. The second-order valence-corrected chi connectivity index (χ2v) is 8.36. The number of carbonyl (C=O) groups is 1. The maximum absolute atomic E-state index is 12.5. The summed E-state index contributed by atoms with van der Waals surface area (Å²) in [5, 5.41) is 13.4. The van der Waals surface area contributed by atoms with Gasteiger partial charge >= 0.3 is 0 Å². The van der Waals surface area contributed by atoms with Gasteiger partial charge in [0.05, 0.1) is 0 Å². The normalized spacial score (nSPS) is 13.8. The Hall–Kier alpha value is -3.15. The van der Waals surface area contributed by atoms with Gasteiger partial charge in [-0.15, -0.1) is 0 Å². The molecule has 0 saturated heterocycles. The van der Waals surface area contributed by atoms with Crippen LogP contribution >= 0.6 is 0 Å². The molecule has 5 nitrogen and oxygen atoms in total. The lowest BCUT2D eigenvalue weighted by Crippen LogP contribution is -2.37. The van der Waals surface area contributed by atoms with E-state index < -0.39 is 12.0 Å². The third-order valence-electron chi connectivity index (χ3n) is 5.20. The first-order valence-electron chi connectivity index (χ1n) is 11.0. The lowest BCUT2D eigenvalue weighted by atomic mass is 10.0. The highest BCUT2D eigenvalue weighted by atomic mass is 16.5. The van der Waals surface area contributed by atoms with Gasteiger partial charge in [-0.25, -0.2) is 0 Å². The topological polar surface area (TPSA) is 84.6 Å². The molecule has 0 radical (unpaired) electrons. The summed E-state index contributed by atoms with van der Waals surface area (Å²) in [5.41, 5.74) is 9.78. The van der Waals surface area contributed by atoms with Crippen LogP contribution in [0.1, 0.15) is 42.2 Å². The lowest BCUT2D eigenvalue weighted by molar-refractivity contribution is -0.130. The minimum absolute atomic E-state index is 0.107. The van der Waals surface area contributed by atoms with Crippen molar-refractivity contribution in [3.8, 4) is 5.75 Å². The molecule has 3 aromatic rings. The first kappa shape index (κ1) is 23.5. The van der Waals surface area contributed by atoms with Crippen molar-refractivity contribution in [3.63, 3.8) is 0 Å². The average molecular weight is 433 g/mol. The molecule has 4 N–H and O–H groups in total. The van der Waals surface area contributed by atoms with Gasteiger partial charge in [0.2, 0.25) is 0 Å². The number of rotatable bonds is 10. The standard InChI is InChI=1S/C27H32N2O3/c1-19(28)16-21-8-10-22(11-9-21)17-20(2)29-27(31)26(30)24-12-14-25(15-13-24)32-18-23-6-4-3-5-7-23/h3-15,19-20,26,30H,16-18,28H2,1-2H3,(H,29,31). The van der Waals surface area contributed by atoms with E-state index in [0.717, 1.165) is 17.5 Å². The summed E-state index contributed by atoms with van der Waals surface area (Å²) >= 11 is 0. The quantitative estimate of drug-likeness (QED) is 0.453. The summed E-state index contributed by atoms with van der Waals surface area (Å²) < 4.78 is 5.76. The first-order valence-corrected chi connectivity index (χ1v) is 11.0. The molecular weight excluding hydrogens is 400 g/mol. The lowest BCUT2D eigenvalue weighted by Gasteiger charge is -2.18. The van der Waals surface area contributed by atoms with Crippen molar-refractivity contribution in [3.05, 3.63) is 101 Å². The van der Waals surface area contributed by atoms with Crippen molar-refractivity contribution in [1.29, 1.82) is 0 Å². The van der Waals surface area contributed by atoms with Crippen molar-refractivity contribution in [2.45, 2.75) is 51.5 Å². The van der Waals surface area contributed by atoms with E-state index in [4.69, 9.17) is 10.5 Å². The minimum atomic E-state index is -1.23. The monoisotopic (exact) mass is 432 g/mol. The number of hydrogen-bond acceptors (Lipinski definition) is 4. The molecule has 0 aliphatic carbocycles. The maximum atomic E-state index is 12.5. The Morgan fingerprint density at radius 1 is 0.875 bits per heavy atom. The Morgan fingerprint density at radius 3 is 2.06 bits per heavy atom. The number of carbonyl (C=O) groups excluding carboxylic acids is 1. The Labute approximate surface area is 190 Å². The SMILES string of the molecule is CC(N)Cc1ccc(CC(C)NC(=O)C(O)c2ccc(OCc3ccccc3)cc2)cc1. The zero-order valence-corrected chi connectivity index (χ0v) is 18.7. The van der Waals surface area contributed by atoms with Gasteiger partial charge in [0, 0.05) is 12.1 Å². The van der Waals surface area contributed by atoms with Crippen molar-refractivity contribution in [2.75, 3.05) is 0 Å². The summed E-state index contributed by atoms with van der Waals surface area (Å²) in [4.78, 5) is 12.5. The molecule has 168 valence electrons. The van der Waals surface area contributed by atoms with E-state index in [1.54, 1.807) is 24.3 Å². The van der Waals surface area contributed by atoms with Gasteiger partial charge in [-0.2, -0.15) is 0 Å². The molecule has 0 aromatic heterocycles. The number of ether oxygens (including phenoxy) is 1. The Bertz CT molecular complexity index is 970. The molecule has 3 atom stereocenters. The van der Waals surface area contributed by atoms with Crippen LogP contribution in [-0.4, -0.2) is 23.1 Å². The van der Waals surface area contributed by atoms with Crippen LogP contribution in [0.25, 0.3) is 0 Å². The molecule has 5 heteroatoms. The molecule has 0 aliphatic rings. The molecule has 3 rings (SSSR count). The zero-order chi connectivity index (χ0) is 22.9. The first-order chi connectivity index (χ1) is 15.4. The van der Waals surface area contributed by atoms with Gasteiger partial charge in [-0.3, -0.25) is 4.79 Å². The van der Waals surface area contributed by atoms with Gasteiger partial charge in [-0.1, -0.05) is 66.7 Å². The van der Waals surface area contributed by atoms with E-state index in [1.165, 1.54) is 5.56 Å². The molecule has 3 unspecified atom stereocenters. The van der Waals surface area contributed by atoms with Gasteiger partial charge in [0.25, 0.3) is 5.91 Å². The van der Waals surface area contributed by atoms with Gasteiger partial charge in [0.15, 0.2) is 6.10 Å². The summed E-state index contributed by atoms with van der Waals surface area (Å²) in [6.07, 6.45) is 0.298. The summed E-state index contributed by atoms with van der Waals surface area (Å²) in [6.45, 7) is 4.39. The predicted molar refractivity (Wildman–Crippen MR) is 127 cm³/mol. The van der Waals surface area contributed by atoms with E-state index in [-0.39, 0.29) is 12.1 Å². The summed E-state index contributed by atoms with van der Waals surface area (Å²) in [6, 6.07) is 25.1. The van der Waals surface area contributed by atoms with Crippen molar-refractivity contribution >= 4 is 5.91 Å². The number of nitrogens with one attached hydrogen (secondary N) is 1. The molecular formula is C27H32N2O3. The molecule has 0 bridgehead atoms. The van der Waals surface area contributed by atoms with Crippen LogP contribution in [0.4, 0.5) is 0 Å². The van der Waals surface area contributed by atoms with Crippen LogP contribution in [0.15, 0.2) is 78.9 Å². The molecule has 32 heavy (non-hydrogen) atoms. The van der Waals surface area contributed by atoms with E-state index in [9.17, 15) is 9.90 Å². The molecule has 0 fully saturated rings. The van der Waals surface area contributed by atoms with Crippen LogP contribution in [0.3, 0.4) is 0 Å². The van der Waals surface area contributed by atoms with E-state index in [0.29, 0.717) is 24.3 Å². The van der Waals surface area contributed by atoms with Gasteiger partial charge < -0.3 is 20.9 Å². The van der Waals surface area contributed by atoms with E-state index in [2.05, 4.69) is 29.6 Å². The predicted octanol–water partition coefficient (Wildman–Crippen LogP) is 3.94. The van der Waals surface area contributed by atoms with Crippen LogP contribution in [0, 0.1) is 0 Å². The zero-order valence-electron chi connectivity index (χ0n) is 18.7. The fourth-order valence-corrected chi connectivity index (χ4v) is 3.55. The van der Waals surface area contributed by atoms with Crippen LogP contribution in [0.5, 0.6) is 5.75 Å². The van der Waals surface area contributed by atoms with Crippen LogP contribution in [0.2, 0.25) is 0 Å². The number of amides is 1. The van der Waals surface area contributed by atoms with E-state index in [1.807, 2.05) is 44.2 Å². The summed E-state index contributed by atoms with van der Waals surface area (Å²) in [5.74, 6) is 0.273. The van der Waals surface area contributed by atoms with Crippen LogP contribution in [-0.2, 0) is 24.2 Å². The Morgan fingerprint density at radius 2 is 1.47 bits per heavy atom. The molecule has 0 spiro atoms. The molecule has 3 aromatic carbocycles. The Kier molecular flexibility index (Phi) is 8.42.